The Morgan fingerprint density at radius 2 is 1.82 bits per heavy atom. The van der Waals surface area contributed by atoms with Crippen LogP contribution in [-0.2, 0) is 20.9 Å². The van der Waals surface area contributed by atoms with E-state index in [0.717, 1.165) is 0 Å². The summed E-state index contributed by atoms with van der Waals surface area (Å²) in [5, 5.41) is 2.38. The van der Waals surface area contributed by atoms with Gasteiger partial charge in [0, 0.05) is 0 Å². The Morgan fingerprint density at radius 3 is 2.50 bits per heavy atom. The predicted octanol–water partition coefficient (Wildman–Crippen LogP) is 2.54. The molecule has 150 valence electrons. The summed E-state index contributed by atoms with van der Waals surface area (Å²) in [5.74, 6) is -0.650. The summed E-state index contributed by atoms with van der Waals surface area (Å²) in [6.07, 6.45) is 0. The molecule has 2 aromatic rings. The minimum Gasteiger partial charge on any atom is -0.493 e. The smallest absolute Gasteiger partial charge is 0.387 e. The highest BCUT2D eigenvalue weighted by atomic mass is 19.3. The van der Waals surface area contributed by atoms with E-state index in [9.17, 15) is 18.4 Å². The van der Waals surface area contributed by atoms with E-state index in [4.69, 9.17) is 14.2 Å². The Labute approximate surface area is 160 Å². The minimum absolute atomic E-state index is 0.0835. The van der Waals surface area contributed by atoms with Crippen molar-refractivity contribution < 1.29 is 37.3 Å². The molecule has 0 aliphatic carbocycles. The van der Waals surface area contributed by atoms with Crippen molar-refractivity contribution in [1.82, 2.24) is 5.32 Å². The van der Waals surface area contributed by atoms with Gasteiger partial charge in [-0.1, -0.05) is 24.3 Å². The molecule has 0 bridgehead atoms. The van der Waals surface area contributed by atoms with Crippen LogP contribution >= 0.6 is 0 Å². The first-order valence-electron chi connectivity index (χ1n) is 8.20. The molecule has 0 saturated heterocycles. The second kappa shape index (κ2) is 10.7. The summed E-state index contributed by atoms with van der Waals surface area (Å²) in [7, 11) is 1.30. The number of alkyl halides is 2. The fraction of sp³-hybridized carbons (Fsp3) is 0.263. The van der Waals surface area contributed by atoms with E-state index in [2.05, 4.69) is 10.1 Å². The maximum absolute atomic E-state index is 12.3. The highest BCUT2D eigenvalue weighted by Crippen LogP contribution is 2.29. The number of rotatable bonds is 10. The minimum atomic E-state index is -2.98. The van der Waals surface area contributed by atoms with Gasteiger partial charge in [-0.25, -0.2) is 0 Å². The zero-order valence-electron chi connectivity index (χ0n) is 15.0. The molecule has 28 heavy (non-hydrogen) atoms. The third-order valence-corrected chi connectivity index (χ3v) is 3.39. The molecule has 0 aliphatic rings. The number of carbonyl (C=O) groups excluding carboxylic acids is 2. The van der Waals surface area contributed by atoms with Gasteiger partial charge in [-0.3, -0.25) is 9.59 Å². The number of carbonyl (C=O) groups is 2. The van der Waals surface area contributed by atoms with E-state index in [1.165, 1.54) is 25.3 Å². The van der Waals surface area contributed by atoms with E-state index in [1.54, 1.807) is 24.3 Å². The van der Waals surface area contributed by atoms with Gasteiger partial charge in [0.05, 0.1) is 7.11 Å². The fourth-order valence-corrected chi connectivity index (χ4v) is 2.10. The van der Waals surface area contributed by atoms with Gasteiger partial charge in [-0.2, -0.15) is 8.78 Å². The number of benzene rings is 2. The lowest BCUT2D eigenvalue weighted by Gasteiger charge is -2.12. The first-order chi connectivity index (χ1) is 13.5. The molecule has 0 radical (unpaired) electrons. The summed E-state index contributed by atoms with van der Waals surface area (Å²) in [5.41, 5.74) is 0.505. The molecule has 0 atom stereocenters. The molecule has 2 aromatic carbocycles. The number of methoxy groups -OCH3 is 1. The average molecular weight is 395 g/mol. The first kappa shape index (κ1) is 20.9. The number of hydrogen-bond donors (Lipinski definition) is 1. The molecular formula is C19H19F2NO6. The summed E-state index contributed by atoms with van der Waals surface area (Å²) < 4.78 is 44.2. The largest absolute Gasteiger partial charge is 0.493 e. The topological polar surface area (TPSA) is 83.1 Å². The molecular weight excluding hydrogens is 376 g/mol. The predicted molar refractivity (Wildman–Crippen MR) is 94.4 cm³/mol. The second-order valence-corrected chi connectivity index (χ2v) is 5.40. The maximum atomic E-state index is 12.3. The van der Waals surface area contributed by atoms with Crippen molar-refractivity contribution in [2.75, 3.05) is 20.3 Å². The van der Waals surface area contributed by atoms with Gasteiger partial charge in [0.25, 0.3) is 5.91 Å². The van der Waals surface area contributed by atoms with Crippen LogP contribution in [0.25, 0.3) is 0 Å². The summed E-state index contributed by atoms with van der Waals surface area (Å²) >= 11 is 0. The van der Waals surface area contributed by atoms with Crippen molar-refractivity contribution in [3.05, 3.63) is 54.1 Å². The third-order valence-electron chi connectivity index (χ3n) is 3.39. The van der Waals surface area contributed by atoms with Crippen molar-refractivity contribution in [1.29, 1.82) is 0 Å². The summed E-state index contributed by atoms with van der Waals surface area (Å²) in [4.78, 5) is 23.4. The standard InChI is InChI=1S/C19H19F2NO6/c1-25-16-9-13(7-8-15(16)28-19(20)21)11-27-18(24)10-22-17(23)12-26-14-5-3-2-4-6-14/h2-9,19H,10-12H2,1H3,(H,22,23). The number of hydrogen-bond acceptors (Lipinski definition) is 6. The van der Waals surface area contributed by atoms with Crippen LogP contribution in [0.15, 0.2) is 48.5 Å². The molecule has 1 N–H and O–H groups in total. The van der Waals surface area contributed by atoms with Gasteiger partial charge in [0.15, 0.2) is 18.1 Å². The Balaban J connectivity index is 1.73. The van der Waals surface area contributed by atoms with Gasteiger partial charge in [-0.15, -0.1) is 0 Å². The van der Waals surface area contributed by atoms with Crippen molar-refractivity contribution in [2.24, 2.45) is 0 Å². The highest BCUT2D eigenvalue weighted by molar-refractivity contribution is 5.82. The van der Waals surface area contributed by atoms with E-state index in [0.29, 0.717) is 11.3 Å². The first-order valence-corrected chi connectivity index (χ1v) is 8.20. The molecule has 0 spiro atoms. The molecule has 7 nitrogen and oxygen atoms in total. The van der Waals surface area contributed by atoms with Crippen molar-refractivity contribution in [3.8, 4) is 17.2 Å². The quantitative estimate of drug-likeness (QED) is 0.623. The average Bonchev–Trinajstić information content (AvgIpc) is 2.70. The molecule has 0 saturated carbocycles. The zero-order chi connectivity index (χ0) is 20.4. The Hall–Kier alpha value is -3.36. The monoisotopic (exact) mass is 395 g/mol. The van der Waals surface area contributed by atoms with Crippen LogP contribution in [0.4, 0.5) is 8.78 Å². The Morgan fingerprint density at radius 1 is 1.07 bits per heavy atom. The molecule has 0 unspecified atom stereocenters. The van der Waals surface area contributed by atoms with E-state index in [1.807, 2.05) is 6.07 Å². The van der Waals surface area contributed by atoms with Crippen LogP contribution in [-0.4, -0.2) is 38.7 Å². The van der Waals surface area contributed by atoms with E-state index >= 15 is 0 Å². The summed E-state index contributed by atoms with van der Waals surface area (Å²) in [6.45, 7) is -3.67. The highest BCUT2D eigenvalue weighted by Gasteiger charge is 2.12. The Bertz CT molecular complexity index is 785. The number of esters is 1. The lowest BCUT2D eigenvalue weighted by Crippen LogP contribution is -2.34. The number of amides is 1. The molecule has 9 heteroatoms. The number of halogens is 2. The van der Waals surface area contributed by atoms with Crippen LogP contribution in [0.1, 0.15) is 5.56 Å². The summed E-state index contributed by atoms with van der Waals surface area (Å²) in [6, 6.07) is 12.9. The molecule has 2 rings (SSSR count). The lowest BCUT2D eigenvalue weighted by atomic mass is 10.2. The normalized spacial score (nSPS) is 10.3. The fourth-order valence-electron chi connectivity index (χ4n) is 2.10. The third kappa shape index (κ3) is 7.10. The molecule has 0 aromatic heterocycles. The van der Waals surface area contributed by atoms with Gasteiger partial charge >= 0.3 is 12.6 Å². The molecule has 0 heterocycles. The van der Waals surface area contributed by atoms with Crippen LogP contribution in [0.2, 0.25) is 0 Å². The van der Waals surface area contributed by atoms with Gasteiger partial charge in [0.1, 0.15) is 18.9 Å². The molecule has 1 amide bonds. The van der Waals surface area contributed by atoms with Crippen LogP contribution in [0.5, 0.6) is 17.2 Å². The van der Waals surface area contributed by atoms with Gasteiger partial charge < -0.3 is 24.3 Å². The van der Waals surface area contributed by atoms with Crippen molar-refractivity contribution >= 4 is 11.9 Å². The van der Waals surface area contributed by atoms with Gasteiger partial charge in [0.2, 0.25) is 0 Å². The van der Waals surface area contributed by atoms with Crippen molar-refractivity contribution in [3.63, 3.8) is 0 Å². The molecule has 0 fully saturated rings. The van der Waals surface area contributed by atoms with E-state index in [-0.39, 0.29) is 31.3 Å². The Kier molecular flexibility index (Phi) is 8.01. The SMILES string of the molecule is COc1cc(COC(=O)CNC(=O)COc2ccccc2)ccc1OC(F)F. The number of para-hydroxylation sites is 1. The van der Waals surface area contributed by atoms with Crippen LogP contribution in [0, 0.1) is 0 Å². The van der Waals surface area contributed by atoms with E-state index < -0.39 is 18.5 Å². The van der Waals surface area contributed by atoms with Crippen LogP contribution in [0.3, 0.4) is 0 Å². The second-order valence-electron chi connectivity index (χ2n) is 5.40. The number of nitrogens with one attached hydrogen (secondary N) is 1. The van der Waals surface area contributed by atoms with Crippen LogP contribution < -0.4 is 19.5 Å². The number of ether oxygens (including phenoxy) is 4. The zero-order valence-corrected chi connectivity index (χ0v) is 15.0. The van der Waals surface area contributed by atoms with Gasteiger partial charge in [-0.05, 0) is 29.8 Å². The molecule has 0 aliphatic heterocycles. The maximum Gasteiger partial charge on any atom is 0.387 e. The van der Waals surface area contributed by atoms with Crippen molar-refractivity contribution in [2.45, 2.75) is 13.2 Å². The lowest BCUT2D eigenvalue weighted by molar-refractivity contribution is -0.145.